The summed E-state index contributed by atoms with van der Waals surface area (Å²) in [6, 6.07) is 4.77. The molecule has 0 bridgehead atoms. The average molecular weight is 303 g/mol. The molecule has 0 heterocycles. The molecule has 1 rings (SSSR count). The highest BCUT2D eigenvalue weighted by atomic mass is 14.2. The monoisotopic (exact) mass is 302 g/mol. The van der Waals surface area contributed by atoms with E-state index < -0.39 is 0 Å². The molecule has 0 radical (unpaired) electrons. The summed E-state index contributed by atoms with van der Waals surface area (Å²) in [6.45, 7) is 18.6. The standard InChI is InChI=1S/C22H38/c1-17-18(2)20(12-10-16-22(6,7)8)14-13-19(17)11-9-15-21(3,4)5/h13-14H,9-12,15-16H2,1-8H3. The smallest absolute Gasteiger partial charge is 0.0276 e. The van der Waals surface area contributed by atoms with E-state index in [1.807, 2.05) is 0 Å². The third-order valence-corrected chi connectivity index (χ3v) is 4.76. The Kier molecular flexibility index (Phi) is 6.71. The first-order chi connectivity index (χ1) is 9.99. The molecule has 0 nitrogen and oxygen atoms in total. The summed E-state index contributed by atoms with van der Waals surface area (Å²) in [7, 11) is 0. The summed E-state index contributed by atoms with van der Waals surface area (Å²) >= 11 is 0. The molecule has 0 saturated carbocycles. The van der Waals surface area contributed by atoms with Crippen molar-refractivity contribution in [3.63, 3.8) is 0 Å². The van der Waals surface area contributed by atoms with E-state index in [2.05, 4.69) is 67.5 Å². The van der Waals surface area contributed by atoms with Crippen LogP contribution in [0.2, 0.25) is 0 Å². The third-order valence-electron chi connectivity index (χ3n) is 4.76. The van der Waals surface area contributed by atoms with E-state index in [9.17, 15) is 0 Å². The van der Waals surface area contributed by atoms with Gasteiger partial charge < -0.3 is 0 Å². The molecule has 0 aliphatic carbocycles. The lowest BCUT2D eigenvalue weighted by Crippen LogP contribution is -2.07. The fourth-order valence-corrected chi connectivity index (χ4v) is 3.09. The van der Waals surface area contributed by atoms with Gasteiger partial charge in [-0.2, -0.15) is 0 Å². The number of hydrogen-bond donors (Lipinski definition) is 0. The normalized spacial score (nSPS) is 12.7. The predicted molar refractivity (Wildman–Crippen MR) is 101 cm³/mol. The lowest BCUT2D eigenvalue weighted by atomic mass is 9.86. The van der Waals surface area contributed by atoms with Crippen LogP contribution in [0, 0.1) is 24.7 Å². The van der Waals surface area contributed by atoms with Gasteiger partial charge in [-0.25, -0.2) is 0 Å². The van der Waals surface area contributed by atoms with Gasteiger partial charge in [0.2, 0.25) is 0 Å². The van der Waals surface area contributed by atoms with Gasteiger partial charge in [-0.15, -0.1) is 0 Å². The Morgan fingerprint density at radius 1 is 0.636 bits per heavy atom. The Hall–Kier alpha value is -0.780. The number of hydrogen-bond acceptors (Lipinski definition) is 0. The minimum atomic E-state index is 0.454. The number of benzene rings is 1. The molecule has 0 aliphatic heterocycles. The van der Waals surface area contributed by atoms with E-state index in [1.165, 1.54) is 49.7 Å². The summed E-state index contributed by atoms with van der Waals surface area (Å²) in [5, 5.41) is 0. The molecule has 126 valence electrons. The maximum Gasteiger partial charge on any atom is -0.0276 e. The molecule has 1 aromatic carbocycles. The Bertz CT molecular complexity index is 421. The zero-order chi connectivity index (χ0) is 17.0. The summed E-state index contributed by atoms with van der Waals surface area (Å²) in [5.41, 5.74) is 7.08. The van der Waals surface area contributed by atoms with Crippen LogP contribution in [-0.2, 0) is 12.8 Å². The van der Waals surface area contributed by atoms with Crippen LogP contribution in [-0.4, -0.2) is 0 Å². The second-order valence-corrected chi connectivity index (χ2v) is 9.46. The zero-order valence-electron chi connectivity index (χ0n) is 16.4. The van der Waals surface area contributed by atoms with Gasteiger partial charge >= 0.3 is 0 Å². The molecule has 22 heavy (non-hydrogen) atoms. The molecule has 1 aromatic rings. The quantitative estimate of drug-likeness (QED) is 0.528. The Morgan fingerprint density at radius 2 is 0.955 bits per heavy atom. The lowest BCUT2D eigenvalue weighted by molar-refractivity contribution is 0.364. The van der Waals surface area contributed by atoms with Gasteiger partial charge in [-0.05, 0) is 85.5 Å². The first-order valence-electron chi connectivity index (χ1n) is 9.07. The Labute approximate surface area is 139 Å². The molecular weight excluding hydrogens is 264 g/mol. The van der Waals surface area contributed by atoms with Crippen molar-refractivity contribution in [2.45, 2.75) is 93.9 Å². The fraction of sp³-hybridized carbons (Fsp3) is 0.727. The third kappa shape index (κ3) is 6.99. The molecule has 0 fully saturated rings. The van der Waals surface area contributed by atoms with Gasteiger partial charge in [-0.1, -0.05) is 53.7 Å². The van der Waals surface area contributed by atoms with Gasteiger partial charge in [-0.3, -0.25) is 0 Å². The van der Waals surface area contributed by atoms with Crippen LogP contribution >= 0.6 is 0 Å². The van der Waals surface area contributed by atoms with Crippen molar-refractivity contribution >= 4 is 0 Å². The average Bonchev–Trinajstić information content (AvgIpc) is 2.34. The summed E-state index contributed by atoms with van der Waals surface area (Å²) in [5.74, 6) is 0. The highest BCUT2D eigenvalue weighted by Gasteiger charge is 2.13. The second-order valence-electron chi connectivity index (χ2n) is 9.46. The van der Waals surface area contributed by atoms with Gasteiger partial charge in [0.15, 0.2) is 0 Å². The van der Waals surface area contributed by atoms with Crippen LogP contribution in [0.1, 0.15) is 89.5 Å². The Morgan fingerprint density at radius 3 is 1.23 bits per heavy atom. The molecule has 0 spiro atoms. The molecule has 0 atom stereocenters. The highest BCUT2D eigenvalue weighted by molar-refractivity contribution is 5.39. The van der Waals surface area contributed by atoms with Crippen molar-refractivity contribution < 1.29 is 0 Å². The summed E-state index contributed by atoms with van der Waals surface area (Å²) in [4.78, 5) is 0. The maximum atomic E-state index is 2.39. The maximum absolute atomic E-state index is 2.39. The molecule has 0 N–H and O–H groups in total. The van der Waals surface area contributed by atoms with Crippen molar-refractivity contribution in [3.05, 3.63) is 34.4 Å². The van der Waals surface area contributed by atoms with Crippen LogP contribution in [0.3, 0.4) is 0 Å². The van der Waals surface area contributed by atoms with E-state index in [0.29, 0.717) is 10.8 Å². The SMILES string of the molecule is Cc1c(CCCC(C)(C)C)ccc(CCCC(C)(C)C)c1C. The van der Waals surface area contributed by atoms with Crippen molar-refractivity contribution in [3.8, 4) is 0 Å². The van der Waals surface area contributed by atoms with Crippen LogP contribution in [0.5, 0.6) is 0 Å². The van der Waals surface area contributed by atoms with Crippen molar-refractivity contribution in [1.82, 2.24) is 0 Å². The minimum Gasteiger partial charge on any atom is -0.0602 e. The van der Waals surface area contributed by atoms with Crippen LogP contribution in [0.4, 0.5) is 0 Å². The van der Waals surface area contributed by atoms with E-state index in [1.54, 1.807) is 11.1 Å². The number of rotatable bonds is 6. The largest absolute Gasteiger partial charge is 0.0602 e. The topological polar surface area (TPSA) is 0 Å². The van der Waals surface area contributed by atoms with Crippen LogP contribution < -0.4 is 0 Å². The van der Waals surface area contributed by atoms with E-state index in [-0.39, 0.29) is 0 Å². The zero-order valence-corrected chi connectivity index (χ0v) is 16.4. The van der Waals surface area contributed by atoms with Crippen molar-refractivity contribution in [2.75, 3.05) is 0 Å². The lowest BCUT2D eigenvalue weighted by Gasteiger charge is -2.20. The molecule has 0 aromatic heterocycles. The van der Waals surface area contributed by atoms with Crippen LogP contribution in [0.15, 0.2) is 12.1 Å². The summed E-state index contributed by atoms with van der Waals surface area (Å²) < 4.78 is 0. The molecule has 0 unspecified atom stereocenters. The molecule has 0 saturated heterocycles. The van der Waals surface area contributed by atoms with Gasteiger partial charge in [0.1, 0.15) is 0 Å². The molecule has 0 heteroatoms. The first kappa shape index (κ1) is 19.3. The second kappa shape index (κ2) is 7.66. The fourth-order valence-electron chi connectivity index (χ4n) is 3.09. The number of aryl methyl sites for hydroxylation is 2. The van der Waals surface area contributed by atoms with Crippen molar-refractivity contribution in [1.29, 1.82) is 0 Å². The summed E-state index contributed by atoms with van der Waals surface area (Å²) in [6.07, 6.45) is 7.66. The first-order valence-corrected chi connectivity index (χ1v) is 9.07. The predicted octanol–water partition coefficient (Wildman–Crippen LogP) is 7.04. The molecular formula is C22H38. The van der Waals surface area contributed by atoms with Gasteiger partial charge in [0.25, 0.3) is 0 Å². The van der Waals surface area contributed by atoms with Crippen molar-refractivity contribution in [2.24, 2.45) is 10.8 Å². The van der Waals surface area contributed by atoms with Gasteiger partial charge in [0.05, 0.1) is 0 Å². The van der Waals surface area contributed by atoms with E-state index in [4.69, 9.17) is 0 Å². The Balaban J connectivity index is 2.64. The minimum absolute atomic E-state index is 0.454. The molecule has 0 aliphatic rings. The van der Waals surface area contributed by atoms with E-state index in [0.717, 1.165) is 0 Å². The van der Waals surface area contributed by atoms with Gasteiger partial charge in [0, 0.05) is 0 Å². The van der Waals surface area contributed by atoms with Crippen LogP contribution in [0.25, 0.3) is 0 Å². The highest BCUT2D eigenvalue weighted by Crippen LogP contribution is 2.26. The molecule has 0 amide bonds. The van der Waals surface area contributed by atoms with E-state index >= 15 is 0 Å².